The second-order valence-electron chi connectivity index (χ2n) is 3.99. The first kappa shape index (κ1) is 12.8. The molecule has 0 fully saturated rings. The number of methoxy groups -OCH3 is 1. The third-order valence-corrected chi connectivity index (χ3v) is 2.66. The number of hydrogen-bond donors (Lipinski definition) is 1. The number of anilines is 1. The van der Waals surface area contributed by atoms with Gasteiger partial charge in [0.1, 0.15) is 5.75 Å². The third-order valence-electron chi connectivity index (χ3n) is 2.66. The van der Waals surface area contributed by atoms with Crippen molar-refractivity contribution < 1.29 is 14.3 Å². The summed E-state index contributed by atoms with van der Waals surface area (Å²) in [6.45, 7) is 0. The van der Waals surface area contributed by atoms with Crippen LogP contribution in [0.5, 0.6) is 5.75 Å². The number of nitrogens with two attached hydrogens (primary N) is 1. The molecule has 0 aliphatic heterocycles. The molecule has 1 heterocycles. The minimum atomic E-state index is -0.671. The highest BCUT2D eigenvalue weighted by atomic mass is 16.5. The van der Waals surface area contributed by atoms with Crippen LogP contribution in [0.2, 0.25) is 0 Å². The van der Waals surface area contributed by atoms with E-state index in [2.05, 4.69) is 5.10 Å². The fourth-order valence-corrected chi connectivity index (χ4v) is 1.68. The molecule has 0 bridgehead atoms. The topological polar surface area (TPSA) is 87.2 Å². The van der Waals surface area contributed by atoms with E-state index >= 15 is 0 Å². The molecule has 0 aliphatic carbocycles. The summed E-state index contributed by atoms with van der Waals surface area (Å²) in [6, 6.07) is 6.30. The van der Waals surface area contributed by atoms with Gasteiger partial charge < -0.3 is 10.5 Å². The molecule has 2 N–H and O–H groups in total. The molecular formula is C13H13N3O3. The van der Waals surface area contributed by atoms with Crippen LogP contribution in [-0.2, 0) is 7.05 Å². The SMILES string of the molecule is COc1ccc(C(=O)C(=O)c2cn(C)nc2N)cc1. The van der Waals surface area contributed by atoms with Crippen molar-refractivity contribution in [1.29, 1.82) is 0 Å². The second-order valence-corrected chi connectivity index (χ2v) is 3.99. The first-order valence-corrected chi connectivity index (χ1v) is 5.55. The van der Waals surface area contributed by atoms with Gasteiger partial charge in [-0.1, -0.05) is 0 Å². The standard InChI is InChI=1S/C13H13N3O3/c1-16-7-10(13(14)15-16)12(18)11(17)8-3-5-9(19-2)6-4-8/h3-7H,1-2H3,(H2,14,15). The Labute approximate surface area is 109 Å². The number of benzene rings is 1. The Morgan fingerprint density at radius 3 is 2.32 bits per heavy atom. The molecule has 0 saturated heterocycles. The lowest BCUT2D eigenvalue weighted by atomic mass is 10.0. The van der Waals surface area contributed by atoms with Crippen LogP contribution in [0.1, 0.15) is 20.7 Å². The van der Waals surface area contributed by atoms with E-state index in [0.29, 0.717) is 5.75 Å². The third kappa shape index (κ3) is 2.47. The molecule has 6 heteroatoms. The Morgan fingerprint density at radius 2 is 1.84 bits per heavy atom. The molecular weight excluding hydrogens is 246 g/mol. The molecule has 0 spiro atoms. The van der Waals surface area contributed by atoms with Crippen molar-refractivity contribution in [3.8, 4) is 5.75 Å². The van der Waals surface area contributed by atoms with E-state index in [-0.39, 0.29) is 16.9 Å². The molecule has 2 aromatic rings. The van der Waals surface area contributed by atoms with Crippen molar-refractivity contribution in [3.05, 3.63) is 41.6 Å². The summed E-state index contributed by atoms with van der Waals surface area (Å²) < 4.78 is 6.38. The van der Waals surface area contributed by atoms with Crippen LogP contribution in [0.3, 0.4) is 0 Å². The van der Waals surface area contributed by atoms with Gasteiger partial charge in [0.05, 0.1) is 12.7 Å². The highest BCUT2D eigenvalue weighted by molar-refractivity contribution is 6.50. The molecule has 1 aromatic carbocycles. The number of aromatic nitrogens is 2. The first-order chi connectivity index (χ1) is 9.02. The number of nitrogen functional groups attached to an aromatic ring is 1. The van der Waals surface area contributed by atoms with Crippen LogP contribution in [0.25, 0.3) is 0 Å². The van der Waals surface area contributed by atoms with E-state index < -0.39 is 11.6 Å². The molecule has 0 aliphatic rings. The zero-order chi connectivity index (χ0) is 14.0. The summed E-state index contributed by atoms with van der Waals surface area (Å²) in [5.74, 6) is -0.627. The Hall–Kier alpha value is -2.63. The van der Waals surface area contributed by atoms with Gasteiger partial charge in [0.15, 0.2) is 5.82 Å². The van der Waals surface area contributed by atoms with Crippen LogP contribution in [0.15, 0.2) is 30.5 Å². The number of aryl methyl sites for hydroxylation is 1. The highest BCUT2D eigenvalue weighted by Gasteiger charge is 2.22. The lowest BCUT2D eigenvalue weighted by Gasteiger charge is -2.01. The summed E-state index contributed by atoms with van der Waals surface area (Å²) in [6.07, 6.45) is 1.43. The van der Waals surface area contributed by atoms with Gasteiger partial charge in [0.25, 0.3) is 0 Å². The van der Waals surface area contributed by atoms with Gasteiger partial charge in [-0.2, -0.15) is 5.10 Å². The second kappa shape index (κ2) is 4.93. The van der Waals surface area contributed by atoms with Gasteiger partial charge in [-0.15, -0.1) is 0 Å². The van der Waals surface area contributed by atoms with Crippen LogP contribution < -0.4 is 10.5 Å². The van der Waals surface area contributed by atoms with Crippen LogP contribution in [-0.4, -0.2) is 28.5 Å². The van der Waals surface area contributed by atoms with E-state index in [9.17, 15) is 9.59 Å². The number of Topliss-reactive ketones (excluding diaryl/α,β-unsaturated/α-hetero) is 2. The number of carbonyl (C=O) groups is 2. The Bertz CT molecular complexity index is 629. The minimum absolute atomic E-state index is 0.0503. The zero-order valence-corrected chi connectivity index (χ0v) is 10.6. The lowest BCUT2D eigenvalue weighted by molar-refractivity contribution is 0.0817. The van der Waals surface area contributed by atoms with Crippen LogP contribution >= 0.6 is 0 Å². The molecule has 6 nitrogen and oxygen atoms in total. The lowest BCUT2D eigenvalue weighted by Crippen LogP contribution is -2.15. The first-order valence-electron chi connectivity index (χ1n) is 5.55. The predicted octanol–water partition coefficient (Wildman–Crippen LogP) is 1.08. The number of ether oxygens (including phenoxy) is 1. The quantitative estimate of drug-likeness (QED) is 0.655. The van der Waals surface area contributed by atoms with Gasteiger partial charge in [0.2, 0.25) is 11.6 Å². The van der Waals surface area contributed by atoms with Gasteiger partial charge in [-0.25, -0.2) is 0 Å². The average molecular weight is 259 g/mol. The van der Waals surface area contributed by atoms with Crippen molar-refractivity contribution in [2.24, 2.45) is 7.05 Å². The maximum Gasteiger partial charge on any atom is 0.238 e. The summed E-state index contributed by atoms with van der Waals surface area (Å²) in [5, 5.41) is 3.84. The van der Waals surface area contributed by atoms with Gasteiger partial charge in [0, 0.05) is 18.8 Å². The molecule has 0 unspecified atom stereocenters. The minimum Gasteiger partial charge on any atom is -0.497 e. The van der Waals surface area contributed by atoms with Crippen molar-refractivity contribution in [1.82, 2.24) is 9.78 Å². The average Bonchev–Trinajstić information content (AvgIpc) is 2.76. The Morgan fingerprint density at radius 1 is 1.21 bits per heavy atom. The van der Waals surface area contributed by atoms with Crippen molar-refractivity contribution in [3.63, 3.8) is 0 Å². The Kier molecular flexibility index (Phi) is 3.33. The van der Waals surface area contributed by atoms with E-state index in [0.717, 1.165) is 0 Å². The van der Waals surface area contributed by atoms with E-state index in [1.54, 1.807) is 19.2 Å². The van der Waals surface area contributed by atoms with Crippen LogP contribution in [0.4, 0.5) is 5.82 Å². The zero-order valence-electron chi connectivity index (χ0n) is 10.6. The van der Waals surface area contributed by atoms with Crippen LogP contribution in [0, 0.1) is 0 Å². The van der Waals surface area contributed by atoms with E-state index in [1.807, 2.05) is 0 Å². The van der Waals surface area contributed by atoms with Crippen molar-refractivity contribution in [2.45, 2.75) is 0 Å². The molecule has 0 saturated carbocycles. The molecule has 2 rings (SSSR count). The molecule has 0 radical (unpaired) electrons. The summed E-state index contributed by atoms with van der Waals surface area (Å²) in [7, 11) is 3.16. The predicted molar refractivity (Wildman–Crippen MR) is 69.3 cm³/mol. The summed E-state index contributed by atoms with van der Waals surface area (Å²) >= 11 is 0. The number of carbonyl (C=O) groups excluding carboxylic acids is 2. The van der Waals surface area contributed by atoms with E-state index in [4.69, 9.17) is 10.5 Å². The molecule has 0 atom stereocenters. The summed E-state index contributed by atoms with van der Waals surface area (Å²) in [4.78, 5) is 24.0. The number of hydrogen-bond acceptors (Lipinski definition) is 5. The smallest absolute Gasteiger partial charge is 0.238 e. The maximum atomic E-state index is 12.0. The van der Waals surface area contributed by atoms with E-state index in [1.165, 1.54) is 30.1 Å². The molecule has 0 amide bonds. The monoisotopic (exact) mass is 259 g/mol. The van der Waals surface area contributed by atoms with Gasteiger partial charge in [-0.05, 0) is 24.3 Å². The molecule has 1 aromatic heterocycles. The fourth-order valence-electron chi connectivity index (χ4n) is 1.68. The maximum absolute atomic E-state index is 12.0. The fraction of sp³-hybridized carbons (Fsp3) is 0.154. The molecule has 19 heavy (non-hydrogen) atoms. The van der Waals surface area contributed by atoms with Crippen molar-refractivity contribution in [2.75, 3.05) is 12.8 Å². The largest absolute Gasteiger partial charge is 0.497 e. The number of nitrogens with zero attached hydrogens (tertiary/aromatic N) is 2. The van der Waals surface area contributed by atoms with Crippen molar-refractivity contribution >= 4 is 17.4 Å². The number of ketones is 2. The van der Waals surface area contributed by atoms with Gasteiger partial charge >= 0.3 is 0 Å². The Balaban J connectivity index is 2.28. The summed E-state index contributed by atoms with van der Waals surface area (Å²) in [5.41, 5.74) is 5.98. The normalized spacial score (nSPS) is 10.2. The number of rotatable bonds is 4. The van der Waals surface area contributed by atoms with Gasteiger partial charge in [-0.3, -0.25) is 14.3 Å². The molecule has 98 valence electrons. The highest BCUT2D eigenvalue weighted by Crippen LogP contribution is 2.16.